The molecule has 0 atom stereocenters. The third kappa shape index (κ3) is 6.31. The number of carboxylic acid groups (broad SMARTS) is 1. The van der Waals surface area contributed by atoms with Crippen LogP contribution in [0.4, 0.5) is 0 Å². The fourth-order valence-electron chi connectivity index (χ4n) is 4.25. The molecule has 3 aromatic rings. The summed E-state index contributed by atoms with van der Waals surface area (Å²) in [6.45, 7) is 0.523. The predicted octanol–water partition coefficient (Wildman–Crippen LogP) is 4.68. The van der Waals surface area contributed by atoms with Gasteiger partial charge in [-0.1, -0.05) is 41.9 Å². The van der Waals surface area contributed by atoms with E-state index in [1.54, 1.807) is 24.3 Å². The molecule has 0 spiro atoms. The molecule has 0 bridgehead atoms. The lowest BCUT2D eigenvalue weighted by Gasteiger charge is -2.26. The van der Waals surface area contributed by atoms with E-state index in [1.807, 2.05) is 36.4 Å². The topological polar surface area (TPSA) is 105 Å². The lowest BCUT2D eigenvalue weighted by Crippen LogP contribution is -2.34. The molecule has 0 unspecified atom stereocenters. The third-order valence-electron chi connectivity index (χ3n) is 6.22. The maximum Gasteiger partial charge on any atom is 0.306 e. The summed E-state index contributed by atoms with van der Waals surface area (Å²) >= 11 is 6.31. The molecule has 182 valence electrons. The third-order valence-corrected chi connectivity index (χ3v) is 6.53. The van der Waals surface area contributed by atoms with Crippen LogP contribution in [-0.4, -0.2) is 42.1 Å². The average molecular weight is 495 g/mol. The molecule has 0 radical (unpaired) electrons. The number of carboxylic acids is 1. The van der Waals surface area contributed by atoms with Crippen LogP contribution >= 0.6 is 11.6 Å². The number of amides is 2. The zero-order valence-corrected chi connectivity index (χ0v) is 19.9. The van der Waals surface area contributed by atoms with Crippen LogP contribution < -0.4 is 15.4 Å². The number of carbonyl (C=O) groups is 3. The van der Waals surface area contributed by atoms with Crippen LogP contribution in [-0.2, 0) is 4.79 Å². The molecule has 8 heteroatoms. The summed E-state index contributed by atoms with van der Waals surface area (Å²) in [6.07, 6.45) is 2.45. The number of hydrogen-bond acceptors (Lipinski definition) is 4. The maximum atomic E-state index is 12.5. The van der Waals surface area contributed by atoms with Crippen LogP contribution in [0.15, 0.2) is 60.7 Å². The minimum Gasteiger partial charge on any atom is -0.490 e. The number of carbonyl (C=O) groups excluding carboxylic acids is 2. The molecule has 1 aliphatic rings. The highest BCUT2D eigenvalue weighted by molar-refractivity contribution is 6.34. The Morgan fingerprint density at radius 2 is 1.54 bits per heavy atom. The van der Waals surface area contributed by atoms with Gasteiger partial charge in [0.15, 0.2) is 0 Å². The Bertz CT molecular complexity index is 1240. The highest BCUT2D eigenvalue weighted by atomic mass is 35.5. The molecule has 0 heterocycles. The van der Waals surface area contributed by atoms with Gasteiger partial charge in [0.2, 0.25) is 0 Å². The zero-order chi connectivity index (χ0) is 24.8. The van der Waals surface area contributed by atoms with Gasteiger partial charge < -0.3 is 20.5 Å². The molecule has 0 saturated heterocycles. The Morgan fingerprint density at radius 3 is 2.23 bits per heavy atom. The van der Waals surface area contributed by atoms with Crippen molar-refractivity contribution in [2.24, 2.45) is 5.92 Å². The number of nitrogens with one attached hydrogen (secondary N) is 2. The van der Waals surface area contributed by atoms with Gasteiger partial charge in [-0.2, -0.15) is 0 Å². The van der Waals surface area contributed by atoms with Crippen LogP contribution in [0.2, 0.25) is 5.02 Å². The van der Waals surface area contributed by atoms with Gasteiger partial charge in [0.05, 0.1) is 22.6 Å². The van der Waals surface area contributed by atoms with Crippen molar-refractivity contribution in [1.82, 2.24) is 10.6 Å². The first kappa shape index (κ1) is 24.5. The van der Waals surface area contributed by atoms with Crippen molar-refractivity contribution in [3.8, 4) is 5.75 Å². The van der Waals surface area contributed by atoms with Crippen molar-refractivity contribution < 1.29 is 24.2 Å². The number of halogens is 1. The van der Waals surface area contributed by atoms with E-state index in [1.165, 1.54) is 0 Å². The van der Waals surface area contributed by atoms with Crippen molar-refractivity contribution in [3.63, 3.8) is 0 Å². The van der Waals surface area contributed by atoms with Crippen molar-refractivity contribution in [2.45, 2.75) is 31.8 Å². The molecule has 3 N–H and O–H groups in total. The van der Waals surface area contributed by atoms with Crippen molar-refractivity contribution in [3.05, 3.63) is 76.8 Å². The first-order valence-corrected chi connectivity index (χ1v) is 12.0. The first-order valence-electron chi connectivity index (χ1n) is 11.6. The van der Waals surface area contributed by atoms with Crippen molar-refractivity contribution in [2.75, 3.05) is 13.1 Å². The molecule has 1 aliphatic carbocycles. The maximum absolute atomic E-state index is 12.5. The van der Waals surface area contributed by atoms with Crippen LogP contribution in [0.1, 0.15) is 46.4 Å². The molecule has 0 aromatic heterocycles. The number of fused-ring (bicyclic) bond motifs is 1. The summed E-state index contributed by atoms with van der Waals surface area (Å²) in [5.41, 5.74) is 0.875. The predicted molar refractivity (Wildman–Crippen MR) is 134 cm³/mol. The largest absolute Gasteiger partial charge is 0.490 e. The molecule has 7 nitrogen and oxygen atoms in total. The molecule has 1 saturated carbocycles. The van der Waals surface area contributed by atoms with Gasteiger partial charge >= 0.3 is 5.97 Å². The summed E-state index contributed by atoms with van der Waals surface area (Å²) < 4.78 is 5.94. The molecule has 4 rings (SSSR count). The summed E-state index contributed by atoms with van der Waals surface area (Å²) in [4.78, 5) is 36.0. The monoisotopic (exact) mass is 494 g/mol. The second-order valence-corrected chi connectivity index (χ2v) is 9.05. The second-order valence-electron chi connectivity index (χ2n) is 8.65. The van der Waals surface area contributed by atoms with Gasteiger partial charge in [0.1, 0.15) is 5.75 Å². The standard InChI is InChI=1S/C27H27ClN2O5/c28-24-16-22(35-21-9-7-18(8-10-21)27(33)34)11-12-23(24)26(32)30-14-13-29-25(31)20-6-5-17-3-1-2-4-19(17)15-20/h1-6,11-12,15-16,18,21H,7-10,13-14H2,(H,29,31)(H,30,32)(H,33,34). The van der Waals surface area contributed by atoms with Gasteiger partial charge in [-0.3, -0.25) is 14.4 Å². The van der Waals surface area contributed by atoms with E-state index in [4.69, 9.17) is 21.4 Å². The van der Waals surface area contributed by atoms with E-state index in [0.717, 1.165) is 10.8 Å². The lowest BCUT2D eigenvalue weighted by molar-refractivity contribution is -0.143. The molecule has 2 amide bonds. The van der Waals surface area contributed by atoms with E-state index < -0.39 is 5.97 Å². The van der Waals surface area contributed by atoms with Crippen molar-refractivity contribution in [1.29, 1.82) is 0 Å². The summed E-state index contributed by atoms with van der Waals surface area (Å²) in [7, 11) is 0. The van der Waals surface area contributed by atoms with Crippen LogP contribution in [0.3, 0.4) is 0 Å². The molecular formula is C27H27ClN2O5. The molecule has 3 aromatic carbocycles. The molecular weight excluding hydrogens is 468 g/mol. The number of rotatable bonds is 8. The fraction of sp³-hybridized carbons (Fsp3) is 0.296. The highest BCUT2D eigenvalue weighted by Gasteiger charge is 2.27. The van der Waals surface area contributed by atoms with Crippen molar-refractivity contribution >= 4 is 40.2 Å². The van der Waals surface area contributed by atoms with Gasteiger partial charge in [-0.05, 0) is 66.8 Å². The average Bonchev–Trinajstić information content (AvgIpc) is 2.86. The number of benzene rings is 3. The quantitative estimate of drug-likeness (QED) is 0.394. The van der Waals surface area contributed by atoms with E-state index in [-0.39, 0.29) is 41.9 Å². The smallest absolute Gasteiger partial charge is 0.306 e. The zero-order valence-electron chi connectivity index (χ0n) is 19.1. The minimum atomic E-state index is -0.755. The Morgan fingerprint density at radius 1 is 0.857 bits per heavy atom. The molecule has 1 fully saturated rings. The van der Waals surface area contributed by atoms with E-state index >= 15 is 0 Å². The number of aliphatic carboxylic acids is 1. The summed E-state index contributed by atoms with van der Waals surface area (Å²) in [5, 5.41) is 17.0. The number of hydrogen-bond donors (Lipinski definition) is 3. The van der Waals surface area contributed by atoms with Gasteiger partial charge in [-0.15, -0.1) is 0 Å². The summed E-state index contributed by atoms with van der Waals surface area (Å²) in [6, 6.07) is 18.2. The van der Waals surface area contributed by atoms with Crippen LogP contribution in [0, 0.1) is 5.92 Å². The number of ether oxygens (including phenoxy) is 1. The highest BCUT2D eigenvalue weighted by Crippen LogP contribution is 2.30. The van der Waals surface area contributed by atoms with Gasteiger partial charge in [0.25, 0.3) is 11.8 Å². The summed E-state index contributed by atoms with van der Waals surface area (Å²) in [5.74, 6) is -1.06. The Balaban J connectivity index is 1.23. The van der Waals surface area contributed by atoms with Gasteiger partial charge in [-0.25, -0.2) is 0 Å². The normalized spacial score (nSPS) is 17.5. The van der Waals surface area contributed by atoms with E-state index in [0.29, 0.717) is 42.6 Å². The fourth-order valence-corrected chi connectivity index (χ4v) is 4.51. The Kier molecular flexibility index (Phi) is 7.87. The Labute approximate surface area is 208 Å². The lowest BCUT2D eigenvalue weighted by atomic mass is 9.87. The van der Waals surface area contributed by atoms with Gasteiger partial charge in [0, 0.05) is 18.7 Å². The minimum absolute atomic E-state index is 0.0624. The first-order chi connectivity index (χ1) is 16.9. The SMILES string of the molecule is O=C(NCCNC(=O)c1ccc(OC2CCC(C(=O)O)CC2)cc1Cl)c1ccc2ccccc2c1. The van der Waals surface area contributed by atoms with Crippen LogP contribution in [0.5, 0.6) is 5.75 Å². The van der Waals surface area contributed by atoms with E-state index in [9.17, 15) is 14.4 Å². The Hall–Kier alpha value is -3.58. The molecule has 0 aliphatic heterocycles. The molecule has 35 heavy (non-hydrogen) atoms. The van der Waals surface area contributed by atoms with E-state index in [2.05, 4.69) is 10.6 Å². The van der Waals surface area contributed by atoms with Crippen LogP contribution in [0.25, 0.3) is 10.8 Å². The second kappa shape index (κ2) is 11.2.